The molecule has 0 fully saturated rings. The van der Waals surface area contributed by atoms with Gasteiger partial charge in [-0.15, -0.1) is 0 Å². The van der Waals surface area contributed by atoms with E-state index in [2.05, 4.69) is 6.92 Å². The molecule has 1 atom stereocenters. The second-order valence-corrected chi connectivity index (χ2v) is 1.70. The van der Waals surface area contributed by atoms with Crippen molar-refractivity contribution in [2.45, 2.75) is 20.3 Å². The third-order valence-corrected chi connectivity index (χ3v) is 1.01. The standard InChI is InChI=1S/C5H12O.W/c1-3-5(2)4-6;/h5-6H,3-4H2,1-2H3;. The topological polar surface area (TPSA) is 20.2 Å². The quantitative estimate of drug-likeness (QED) is 0.795. The normalized spacial score (nSPS) is 12.4. The molecular formula is C5H12OW. The molecule has 1 N–H and O–H groups in total. The van der Waals surface area contributed by atoms with Crippen molar-refractivity contribution in [3.63, 3.8) is 0 Å². The number of hydrogen-bond acceptors (Lipinski definition) is 1. The smallest absolute Gasteiger partial charge is 0.0456 e. The fourth-order valence-corrected chi connectivity index (χ4v) is 0.129. The summed E-state index contributed by atoms with van der Waals surface area (Å²) in [5.41, 5.74) is 0. The van der Waals surface area contributed by atoms with E-state index in [4.69, 9.17) is 5.11 Å². The maximum atomic E-state index is 8.33. The summed E-state index contributed by atoms with van der Waals surface area (Å²) >= 11 is 0. The molecule has 1 unspecified atom stereocenters. The van der Waals surface area contributed by atoms with Gasteiger partial charge in [0.2, 0.25) is 0 Å². The van der Waals surface area contributed by atoms with Gasteiger partial charge in [0, 0.05) is 27.7 Å². The van der Waals surface area contributed by atoms with Gasteiger partial charge in [-0.05, 0) is 5.92 Å². The molecule has 7 heavy (non-hydrogen) atoms. The maximum Gasteiger partial charge on any atom is 0.0456 e. The first-order valence-corrected chi connectivity index (χ1v) is 2.42. The summed E-state index contributed by atoms with van der Waals surface area (Å²) in [5.74, 6) is 0.491. The number of aliphatic hydroxyl groups excluding tert-OH is 1. The molecule has 0 heterocycles. The largest absolute Gasteiger partial charge is 0.396 e. The molecule has 0 rings (SSSR count). The molecule has 0 bridgehead atoms. The fourth-order valence-electron chi connectivity index (χ4n) is 0.129. The molecule has 0 spiro atoms. The molecule has 44 valence electrons. The van der Waals surface area contributed by atoms with E-state index in [1.807, 2.05) is 6.92 Å². The van der Waals surface area contributed by atoms with Crippen LogP contribution in [0, 0.1) is 5.92 Å². The van der Waals surface area contributed by atoms with Crippen LogP contribution in [-0.4, -0.2) is 11.7 Å². The van der Waals surface area contributed by atoms with Crippen LogP contribution >= 0.6 is 0 Å². The van der Waals surface area contributed by atoms with Crippen molar-refractivity contribution in [3.05, 3.63) is 0 Å². The van der Waals surface area contributed by atoms with Crippen LogP contribution in [0.3, 0.4) is 0 Å². The third kappa shape index (κ3) is 6.65. The second-order valence-electron chi connectivity index (χ2n) is 1.70. The van der Waals surface area contributed by atoms with E-state index in [9.17, 15) is 0 Å². The van der Waals surface area contributed by atoms with Gasteiger partial charge >= 0.3 is 0 Å². The summed E-state index contributed by atoms with van der Waals surface area (Å²) in [7, 11) is 0. The molecule has 0 saturated carbocycles. The average molecular weight is 272 g/mol. The van der Waals surface area contributed by atoms with Crippen molar-refractivity contribution in [2.75, 3.05) is 6.61 Å². The summed E-state index contributed by atoms with van der Waals surface area (Å²) in [6, 6.07) is 0. The van der Waals surface area contributed by atoms with Gasteiger partial charge < -0.3 is 5.11 Å². The Labute approximate surface area is 59.4 Å². The number of rotatable bonds is 2. The molecule has 0 aromatic rings. The molecule has 0 aliphatic carbocycles. The predicted molar refractivity (Wildman–Crippen MR) is 26.5 cm³/mol. The van der Waals surface area contributed by atoms with Gasteiger partial charge in [0.1, 0.15) is 0 Å². The Morgan fingerprint density at radius 2 is 2.00 bits per heavy atom. The molecular weight excluding hydrogens is 260 g/mol. The van der Waals surface area contributed by atoms with Crippen LogP contribution in [0.15, 0.2) is 0 Å². The van der Waals surface area contributed by atoms with Crippen molar-refractivity contribution in [3.8, 4) is 0 Å². The van der Waals surface area contributed by atoms with E-state index in [1.54, 1.807) is 0 Å². The Hall–Kier alpha value is 0.648. The molecule has 0 aliphatic heterocycles. The first kappa shape index (κ1) is 10.6. The minimum absolute atomic E-state index is 0. The Balaban J connectivity index is 0. The molecule has 0 radical (unpaired) electrons. The molecule has 1 nitrogen and oxygen atoms in total. The molecule has 0 aromatic heterocycles. The Kier molecular flexibility index (Phi) is 10.1. The van der Waals surface area contributed by atoms with E-state index in [-0.39, 0.29) is 21.1 Å². The predicted octanol–water partition coefficient (Wildman–Crippen LogP) is 1.02. The van der Waals surface area contributed by atoms with Crippen molar-refractivity contribution in [2.24, 2.45) is 5.92 Å². The summed E-state index contributed by atoms with van der Waals surface area (Å²) < 4.78 is 0. The zero-order valence-corrected chi connectivity index (χ0v) is 7.78. The van der Waals surface area contributed by atoms with Gasteiger partial charge in [-0.2, -0.15) is 0 Å². The molecule has 2 heteroatoms. The van der Waals surface area contributed by atoms with E-state index in [0.29, 0.717) is 12.5 Å². The number of hydrogen-bond donors (Lipinski definition) is 1. The molecule has 0 aromatic carbocycles. The first-order valence-electron chi connectivity index (χ1n) is 2.42. The summed E-state index contributed by atoms with van der Waals surface area (Å²) in [4.78, 5) is 0. The molecule has 0 saturated heterocycles. The summed E-state index contributed by atoms with van der Waals surface area (Å²) in [6.45, 7) is 4.43. The van der Waals surface area contributed by atoms with Crippen LogP contribution in [-0.2, 0) is 21.1 Å². The van der Waals surface area contributed by atoms with Crippen LogP contribution in [0.2, 0.25) is 0 Å². The Morgan fingerprint density at radius 3 is 2.00 bits per heavy atom. The maximum absolute atomic E-state index is 8.33. The molecule has 0 aliphatic rings. The van der Waals surface area contributed by atoms with Gasteiger partial charge in [-0.25, -0.2) is 0 Å². The van der Waals surface area contributed by atoms with Crippen LogP contribution < -0.4 is 0 Å². The van der Waals surface area contributed by atoms with Gasteiger partial charge in [0.15, 0.2) is 0 Å². The van der Waals surface area contributed by atoms with Gasteiger partial charge in [-0.3, -0.25) is 0 Å². The summed E-state index contributed by atoms with van der Waals surface area (Å²) in [6.07, 6.45) is 1.08. The van der Waals surface area contributed by atoms with E-state index >= 15 is 0 Å². The van der Waals surface area contributed by atoms with Gasteiger partial charge in [0.25, 0.3) is 0 Å². The minimum Gasteiger partial charge on any atom is -0.396 e. The number of aliphatic hydroxyl groups is 1. The van der Waals surface area contributed by atoms with Crippen LogP contribution in [0.4, 0.5) is 0 Å². The van der Waals surface area contributed by atoms with Crippen LogP contribution in [0.5, 0.6) is 0 Å². The third-order valence-electron chi connectivity index (χ3n) is 1.01. The first-order chi connectivity index (χ1) is 2.81. The Bertz CT molecular complexity index is 27.3. The van der Waals surface area contributed by atoms with Gasteiger partial charge in [0.05, 0.1) is 0 Å². The average Bonchev–Trinajstić information content (AvgIpc) is 1.65. The van der Waals surface area contributed by atoms with E-state index < -0.39 is 0 Å². The van der Waals surface area contributed by atoms with E-state index in [1.165, 1.54) is 0 Å². The monoisotopic (exact) mass is 272 g/mol. The van der Waals surface area contributed by atoms with Crippen molar-refractivity contribution in [1.82, 2.24) is 0 Å². The van der Waals surface area contributed by atoms with Crippen LogP contribution in [0.1, 0.15) is 20.3 Å². The van der Waals surface area contributed by atoms with Crippen molar-refractivity contribution in [1.29, 1.82) is 0 Å². The van der Waals surface area contributed by atoms with Crippen LogP contribution in [0.25, 0.3) is 0 Å². The van der Waals surface area contributed by atoms with Crippen molar-refractivity contribution >= 4 is 0 Å². The van der Waals surface area contributed by atoms with Crippen molar-refractivity contribution < 1.29 is 26.2 Å². The fraction of sp³-hybridized carbons (Fsp3) is 1.00. The zero-order valence-electron chi connectivity index (χ0n) is 4.85. The van der Waals surface area contributed by atoms with E-state index in [0.717, 1.165) is 6.42 Å². The minimum atomic E-state index is 0. The zero-order chi connectivity index (χ0) is 4.99. The Morgan fingerprint density at radius 1 is 1.57 bits per heavy atom. The molecule has 0 amide bonds. The van der Waals surface area contributed by atoms with Gasteiger partial charge in [-0.1, -0.05) is 20.3 Å². The second kappa shape index (κ2) is 6.65. The SMILES string of the molecule is CCC(C)CO.[W]. The summed E-state index contributed by atoms with van der Waals surface area (Å²) in [5, 5.41) is 8.33.